The topological polar surface area (TPSA) is 83.6 Å². The molecule has 1 amide bonds. The third-order valence-electron chi connectivity index (χ3n) is 5.49. The van der Waals surface area contributed by atoms with Crippen LogP contribution in [0.3, 0.4) is 0 Å². The molecule has 3 rings (SSSR count). The molecular weight excluding hydrogens is 448 g/mol. The first kappa shape index (κ1) is 25.2. The highest BCUT2D eigenvalue weighted by molar-refractivity contribution is 7.92. The minimum absolute atomic E-state index is 0.0100. The number of aryl methyl sites for hydroxylation is 1. The van der Waals surface area contributed by atoms with Crippen LogP contribution in [0.1, 0.15) is 47.8 Å². The molecule has 3 aromatic rings. The Morgan fingerprint density at radius 3 is 2.12 bits per heavy atom. The van der Waals surface area contributed by atoms with E-state index in [2.05, 4.69) is 26.1 Å². The van der Waals surface area contributed by atoms with Gasteiger partial charge < -0.3 is 5.32 Å². The molecular formula is C27H30N2O4S. The van der Waals surface area contributed by atoms with Crippen LogP contribution in [0, 0.1) is 6.92 Å². The van der Waals surface area contributed by atoms with Gasteiger partial charge >= 0.3 is 0 Å². The number of nitrogens with zero attached hydrogens (tertiary/aromatic N) is 1. The summed E-state index contributed by atoms with van der Waals surface area (Å²) in [6, 6.07) is 21.1. The zero-order valence-corrected chi connectivity index (χ0v) is 20.9. The van der Waals surface area contributed by atoms with Gasteiger partial charge in [-0.1, -0.05) is 75.4 Å². The second-order valence-electron chi connectivity index (χ2n) is 9.34. The number of hydrogen-bond acceptors (Lipinski definition) is 4. The van der Waals surface area contributed by atoms with Crippen LogP contribution in [0.5, 0.6) is 0 Å². The second kappa shape index (κ2) is 9.81. The predicted molar refractivity (Wildman–Crippen MR) is 137 cm³/mol. The Kier molecular flexibility index (Phi) is 7.26. The van der Waals surface area contributed by atoms with E-state index in [1.807, 2.05) is 12.1 Å². The van der Waals surface area contributed by atoms with Gasteiger partial charge in [-0.2, -0.15) is 0 Å². The summed E-state index contributed by atoms with van der Waals surface area (Å²) in [6.45, 7) is 7.74. The van der Waals surface area contributed by atoms with Gasteiger partial charge in [-0.3, -0.25) is 13.9 Å². The number of para-hydroxylation sites is 1. The summed E-state index contributed by atoms with van der Waals surface area (Å²) < 4.78 is 25.8. The zero-order valence-electron chi connectivity index (χ0n) is 20.1. The van der Waals surface area contributed by atoms with E-state index >= 15 is 0 Å². The van der Waals surface area contributed by atoms with Gasteiger partial charge in [0.25, 0.3) is 0 Å². The van der Waals surface area contributed by atoms with E-state index in [0.717, 1.165) is 21.7 Å². The average molecular weight is 479 g/mol. The maximum atomic E-state index is 13.0. The Morgan fingerprint density at radius 1 is 0.882 bits per heavy atom. The quantitative estimate of drug-likeness (QED) is 0.488. The van der Waals surface area contributed by atoms with Crippen molar-refractivity contribution in [3.05, 3.63) is 95.1 Å². The third-order valence-corrected chi connectivity index (χ3v) is 6.62. The normalized spacial score (nSPS) is 11.7. The Hall–Kier alpha value is -3.45. The van der Waals surface area contributed by atoms with Crippen molar-refractivity contribution in [3.8, 4) is 0 Å². The van der Waals surface area contributed by atoms with Gasteiger partial charge in [-0.25, -0.2) is 8.42 Å². The van der Waals surface area contributed by atoms with E-state index in [4.69, 9.17) is 0 Å². The summed E-state index contributed by atoms with van der Waals surface area (Å²) in [5.41, 5.74) is 3.71. The first-order valence-electron chi connectivity index (χ1n) is 10.9. The summed E-state index contributed by atoms with van der Waals surface area (Å²) in [4.78, 5) is 25.7. The number of carbonyl (C=O) groups excluding carboxylic acids is 2. The third kappa shape index (κ3) is 6.11. The van der Waals surface area contributed by atoms with Crippen LogP contribution in [0.25, 0.3) is 0 Å². The summed E-state index contributed by atoms with van der Waals surface area (Å²) in [6.07, 6.45) is 1.07. The van der Waals surface area contributed by atoms with Crippen LogP contribution in [-0.4, -0.2) is 32.9 Å². The van der Waals surface area contributed by atoms with Crippen molar-refractivity contribution in [2.75, 3.05) is 22.4 Å². The van der Waals surface area contributed by atoms with Gasteiger partial charge in [0.2, 0.25) is 15.9 Å². The van der Waals surface area contributed by atoms with Crippen molar-refractivity contribution in [1.29, 1.82) is 0 Å². The second-order valence-corrected chi connectivity index (χ2v) is 11.2. The van der Waals surface area contributed by atoms with Crippen LogP contribution >= 0.6 is 0 Å². The molecule has 0 aliphatic rings. The van der Waals surface area contributed by atoms with Gasteiger partial charge in [-0.15, -0.1) is 0 Å². The number of nitrogens with one attached hydrogen (secondary N) is 1. The molecule has 6 nitrogen and oxygen atoms in total. The molecule has 0 heterocycles. The van der Waals surface area contributed by atoms with Crippen molar-refractivity contribution in [2.24, 2.45) is 0 Å². The average Bonchev–Trinajstić information content (AvgIpc) is 2.76. The molecule has 0 saturated heterocycles. The Labute approximate surface area is 201 Å². The molecule has 0 atom stereocenters. The van der Waals surface area contributed by atoms with E-state index in [1.54, 1.807) is 67.6 Å². The first-order valence-corrected chi connectivity index (χ1v) is 12.8. The maximum Gasteiger partial charge on any atom is 0.245 e. The molecule has 0 radical (unpaired) electrons. The number of sulfonamides is 1. The fourth-order valence-electron chi connectivity index (χ4n) is 3.58. The first-order chi connectivity index (χ1) is 15.9. The van der Waals surface area contributed by atoms with Crippen molar-refractivity contribution >= 4 is 33.1 Å². The molecule has 0 fully saturated rings. The predicted octanol–water partition coefficient (Wildman–Crippen LogP) is 4.93. The van der Waals surface area contributed by atoms with Crippen molar-refractivity contribution in [3.63, 3.8) is 0 Å². The molecule has 1 N–H and O–H groups in total. The molecule has 178 valence electrons. The number of hydrogen-bond donors (Lipinski definition) is 1. The SMILES string of the molecule is Cc1ccccc1N(CC(=O)Nc1cccc(C(=O)c2ccc(C(C)(C)C)cc2)c1)S(C)(=O)=O. The number of benzene rings is 3. The summed E-state index contributed by atoms with van der Waals surface area (Å²) in [7, 11) is -3.68. The standard InChI is InChI=1S/C27H30N2O4S/c1-19-9-6-7-12-24(19)29(34(5,32)33)18-25(30)28-23-11-8-10-21(17-23)26(31)20-13-15-22(16-14-20)27(2,3)4/h6-17H,18H2,1-5H3,(H,28,30). The molecule has 0 aromatic heterocycles. The maximum absolute atomic E-state index is 13.0. The highest BCUT2D eigenvalue weighted by atomic mass is 32.2. The summed E-state index contributed by atoms with van der Waals surface area (Å²) in [5.74, 6) is -0.665. The Bertz CT molecular complexity index is 1310. The van der Waals surface area contributed by atoms with E-state index in [1.165, 1.54) is 0 Å². The molecule has 0 saturated carbocycles. The van der Waals surface area contributed by atoms with Gasteiger partial charge in [0.15, 0.2) is 5.78 Å². The van der Waals surface area contributed by atoms with Gasteiger partial charge in [0.1, 0.15) is 6.54 Å². The van der Waals surface area contributed by atoms with Crippen LogP contribution in [0.15, 0.2) is 72.8 Å². The van der Waals surface area contributed by atoms with Crippen LogP contribution in [-0.2, 0) is 20.2 Å². The molecule has 0 aliphatic carbocycles. The van der Waals surface area contributed by atoms with E-state index in [9.17, 15) is 18.0 Å². The molecule has 0 unspecified atom stereocenters. The summed E-state index contributed by atoms with van der Waals surface area (Å²) >= 11 is 0. The molecule has 34 heavy (non-hydrogen) atoms. The number of amides is 1. The minimum atomic E-state index is -3.68. The van der Waals surface area contributed by atoms with Crippen LogP contribution < -0.4 is 9.62 Å². The monoisotopic (exact) mass is 478 g/mol. The lowest BCUT2D eigenvalue weighted by Crippen LogP contribution is -2.37. The fraction of sp³-hybridized carbons (Fsp3) is 0.259. The van der Waals surface area contributed by atoms with E-state index < -0.39 is 15.9 Å². The van der Waals surface area contributed by atoms with Crippen LogP contribution in [0.2, 0.25) is 0 Å². The number of rotatable bonds is 7. The number of carbonyl (C=O) groups is 2. The van der Waals surface area contributed by atoms with Gasteiger partial charge in [0, 0.05) is 16.8 Å². The lowest BCUT2D eigenvalue weighted by atomic mass is 9.86. The highest BCUT2D eigenvalue weighted by Gasteiger charge is 2.22. The smallest absolute Gasteiger partial charge is 0.245 e. The zero-order chi connectivity index (χ0) is 25.1. The molecule has 0 bridgehead atoms. The van der Waals surface area contributed by atoms with Gasteiger partial charge in [-0.05, 0) is 41.7 Å². The Morgan fingerprint density at radius 2 is 1.53 bits per heavy atom. The van der Waals surface area contributed by atoms with Crippen molar-refractivity contribution in [1.82, 2.24) is 0 Å². The lowest BCUT2D eigenvalue weighted by molar-refractivity contribution is -0.114. The molecule has 7 heteroatoms. The van der Waals surface area contributed by atoms with Crippen LogP contribution in [0.4, 0.5) is 11.4 Å². The lowest BCUT2D eigenvalue weighted by Gasteiger charge is -2.23. The minimum Gasteiger partial charge on any atom is -0.324 e. The number of ketones is 1. The van der Waals surface area contributed by atoms with Crippen molar-refractivity contribution in [2.45, 2.75) is 33.1 Å². The molecule has 0 aliphatic heterocycles. The largest absolute Gasteiger partial charge is 0.324 e. The van der Waals surface area contributed by atoms with E-state index in [0.29, 0.717) is 22.5 Å². The highest BCUT2D eigenvalue weighted by Crippen LogP contribution is 2.24. The number of anilines is 2. The van der Waals surface area contributed by atoms with Crippen molar-refractivity contribution < 1.29 is 18.0 Å². The molecule has 0 spiro atoms. The van der Waals surface area contributed by atoms with E-state index in [-0.39, 0.29) is 17.7 Å². The fourth-order valence-corrected chi connectivity index (χ4v) is 4.50. The molecule has 3 aromatic carbocycles. The Balaban J connectivity index is 1.77. The van der Waals surface area contributed by atoms with Gasteiger partial charge in [0.05, 0.1) is 11.9 Å². The summed E-state index contributed by atoms with van der Waals surface area (Å²) in [5, 5.41) is 2.71.